The van der Waals surface area contributed by atoms with Crippen molar-refractivity contribution in [2.75, 3.05) is 12.3 Å². The maximum atomic E-state index is 10.6. The van der Waals surface area contributed by atoms with Crippen molar-refractivity contribution in [2.24, 2.45) is 0 Å². The summed E-state index contributed by atoms with van der Waals surface area (Å²) in [6.45, 7) is 5.88. The van der Waals surface area contributed by atoms with Crippen LogP contribution in [0.3, 0.4) is 0 Å². The quantitative estimate of drug-likeness (QED) is 0.665. The van der Waals surface area contributed by atoms with Crippen LogP contribution < -0.4 is 10.5 Å². The number of pyridine rings is 1. The number of aryl methyl sites for hydroxylation is 1. The van der Waals surface area contributed by atoms with Gasteiger partial charge in [-0.1, -0.05) is 6.92 Å². The minimum atomic E-state index is -0.909. The van der Waals surface area contributed by atoms with Crippen molar-refractivity contribution in [3.63, 3.8) is 0 Å². The van der Waals surface area contributed by atoms with Crippen molar-refractivity contribution in [3.8, 4) is 5.75 Å². The van der Waals surface area contributed by atoms with Gasteiger partial charge in [-0.05, 0) is 32.0 Å². The summed E-state index contributed by atoms with van der Waals surface area (Å²) in [6, 6.07) is 5.38. The van der Waals surface area contributed by atoms with E-state index in [2.05, 4.69) is 9.97 Å². The minimum absolute atomic E-state index is 0.0137. The van der Waals surface area contributed by atoms with Gasteiger partial charge in [-0.15, -0.1) is 0 Å². The van der Waals surface area contributed by atoms with Crippen molar-refractivity contribution in [1.82, 2.24) is 14.5 Å². The summed E-state index contributed by atoms with van der Waals surface area (Å²) in [6.07, 6.45) is 1.40. The zero-order chi connectivity index (χ0) is 18.2. The monoisotopic (exact) mass is 342 g/mol. The van der Waals surface area contributed by atoms with Gasteiger partial charge in [0.2, 0.25) is 0 Å². The van der Waals surface area contributed by atoms with Crippen molar-refractivity contribution < 1.29 is 14.6 Å². The first-order chi connectivity index (χ1) is 11.8. The Balaban J connectivity index is 2.33. The molecule has 7 heteroatoms. The molecule has 0 radical (unpaired) electrons. The third kappa shape index (κ3) is 3.28. The van der Waals surface area contributed by atoms with Crippen LogP contribution in [-0.4, -0.2) is 38.1 Å². The van der Waals surface area contributed by atoms with Gasteiger partial charge in [-0.3, -0.25) is 4.79 Å². The molecule has 3 N–H and O–H groups in total. The first kappa shape index (κ1) is 17.2. The molecule has 7 nitrogen and oxygen atoms in total. The van der Waals surface area contributed by atoms with Crippen LogP contribution >= 0.6 is 0 Å². The number of carbonyl (C=O) groups is 1. The van der Waals surface area contributed by atoms with E-state index >= 15 is 0 Å². The van der Waals surface area contributed by atoms with Gasteiger partial charge in [0.15, 0.2) is 12.1 Å². The second kappa shape index (κ2) is 6.33. The maximum Gasteiger partial charge on any atom is 0.157 e. The van der Waals surface area contributed by atoms with Crippen molar-refractivity contribution >= 4 is 34.0 Å². The fourth-order valence-electron chi connectivity index (χ4n) is 2.98. The zero-order valence-electron chi connectivity index (χ0n) is 14.6. The number of nitrogens with two attached hydrogens (primary N) is 1. The Hall–Kier alpha value is -2.67. The second-order valence-electron chi connectivity index (χ2n) is 6.63. The van der Waals surface area contributed by atoms with Crippen LogP contribution in [0.4, 0.5) is 5.82 Å². The van der Waals surface area contributed by atoms with Crippen LogP contribution in [-0.2, 0) is 17.8 Å². The van der Waals surface area contributed by atoms with E-state index in [9.17, 15) is 9.90 Å². The topological polar surface area (TPSA) is 103 Å². The molecule has 0 bridgehead atoms. The molecule has 0 aliphatic heterocycles. The molecule has 0 unspecified atom stereocenters. The standard InChI is InChI=1S/C18H22N4O3/c1-4-14-21-15-16(22(14)10-18(2,3)24)12-9-11(25-8-7-23)5-6-13(12)20-17(15)19/h5-7,9,24H,4,8,10H2,1-3H3,(H2,19,20). The third-order valence-electron chi connectivity index (χ3n) is 3.93. The largest absolute Gasteiger partial charge is 0.486 e. The molecular weight excluding hydrogens is 320 g/mol. The number of hydrogen-bond acceptors (Lipinski definition) is 6. The van der Waals surface area contributed by atoms with Crippen molar-refractivity contribution in [1.29, 1.82) is 0 Å². The molecule has 0 saturated carbocycles. The molecule has 0 amide bonds. The number of aldehydes is 1. The number of ether oxygens (including phenoxy) is 1. The Labute approximate surface area is 145 Å². The summed E-state index contributed by atoms with van der Waals surface area (Å²) in [5, 5.41) is 11.1. The number of nitrogen functional groups attached to an aromatic ring is 1. The molecule has 0 atom stereocenters. The second-order valence-corrected chi connectivity index (χ2v) is 6.63. The van der Waals surface area contributed by atoms with Gasteiger partial charge < -0.3 is 20.1 Å². The van der Waals surface area contributed by atoms with E-state index in [4.69, 9.17) is 10.5 Å². The highest BCUT2D eigenvalue weighted by Gasteiger charge is 2.22. The molecule has 2 aromatic heterocycles. The van der Waals surface area contributed by atoms with Gasteiger partial charge in [0.1, 0.15) is 23.7 Å². The van der Waals surface area contributed by atoms with Crippen LogP contribution in [0.2, 0.25) is 0 Å². The lowest BCUT2D eigenvalue weighted by atomic mass is 10.1. The highest BCUT2D eigenvalue weighted by molar-refractivity contribution is 6.07. The van der Waals surface area contributed by atoms with Crippen molar-refractivity contribution in [3.05, 3.63) is 24.0 Å². The van der Waals surface area contributed by atoms with E-state index in [1.165, 1.54) is 0 Å². The summed E-state index contributed by atoms with van der Waals surface area (Å²) in [4.78, 5) is 19.6. The summed E-state index contributed by atoms with van der Waals surface area (Å²) in [5.74, 6) is 1.76. The minimum Gasteiger partial charge on any atom is -0.486 e. The van der Waals surface area contributed by atoms with Gasteiger partial charge in [-0.25, -0.2) is 9.97 Å². The smallest absolute Gasteiger partial charge is 0.157 e. The molecule has 25 heavy (non-hydrogen) atoms. The normalized spacial score (nSPS) is 12.0. The molecule has 0 saturated heterocycles. The molecule has 3 aromatic rings. The molecule has 2 heterocycles. The Morgan fingerprint density at radius 1 is 1.36 bits per heavy atom. The molecule has 0 fully saturated rings. The predicted octanol–water partition coefficient (Wildman–Crippen LogP) is 2.08. The predicted molar refractivity (Wildman–Crippen MR) is 96.7 cm³/mol. The molecule has 0 aliphatic rings. The lowest BCUT2D eigenvalue weighted by Gasteiger charge is -2.20. The average Bonchev–Trinajstić information content (AvgIpc) is 2.91. The molecule has 3 rings (SSSR count). The summed E-state index contributed by atoms with van der Waals surface area (Å²) < 4.78 is 7.40. The number of hydrogen-bond donors (Lipinski definition) is 2. The van der Waals surface area contributed by atoms with Crippen LogP contribution in [0.15, 0.2) is 18.2 Å². The number of fused-ring (bicyclic) bond motifs is 3. The SMILES string of the molecule is CCc1nc2c(N)nc3ccc(OCC=O)cc3c2n1CC(C)(C)O. The zero-order valence-corrected chi connectivity index (χ0v) is 14.6. The Kier molecular flexibility index (Phi) is 4.34. The third-order valence-corrected chi connectivity index (χ3v) is 3.93. The van der Waals surface area contributed by atoms with E-state index in [1.807, 2.05) is 17.6 Å². The number of anilines is 1. The number of benzene rings is 1. The van der Waals surface area contributed by atoms with E-state index < -0.39 is 5.60 Å². The highest BCUT2D eigenvalue weighted by Crippen LogP contribution is 2.32. The van der Waals surface area contributed by atoms with Gasteiger partial charge >= 0.3 is 0 Å². The number of carbonyl (C=O) groups excluding carboxylic acids is 1. The molecule has 1 aromatic carbocycles. The molecule has 0 spiro atoms. The lowest BCUT2D eigenvalue weighted by Crippen LogP contribution is -2.27. The summed E-state index contributed by atoms with van der Waals surface area (Å²) in [5.41, 5.74) is 7.35. The molecule has 0 aliphatic carbocycles. The number of nitrogens with zero attached hydrogens (tertiary/aromatic N) is 3. The van der Waals surface area contributed by atoms with Crippen LogP contribution in [0.1, 0.15) is 26.6 Å². The average molecular weight is 342 g/mol. The first-order valence-corrected chi connectivity index (χ1v) is 8.21. The fraction of sp³-hybridized carbons (Fsp3) is 0.389. The van der Waals surface area contributed by atoms with E-state index in [0.717, 1.165) is 16.7 Å². The number of aliphatic hydroxyl groups is 1. The summed E-state index contributed by atoms with van der Waals surface area (Å²) >= 11 is 0. The van der Waals surface area contributed by atoms with E-state index in [-0.39, 0.29) is 6.61 Å². The van der Waals surface area contributed by atoms with Crippen LogP contribution in [0, 0.1) is 0 Å². The van der Waals surface area contributed by atoms with Gasteiger partial charge in [-0.2, -0.15) is 0 Å². The van der Waals surface area contributed by atoms with E-state index in [1.54, 1.807) is 26.0 Å². The van der Waals surface area contributed by atoms with Crippen LogP contribution in [0.25, 0.3) is 21.9 Å². The highest BCUT2D eigenvalue weighted by atomic mass is 16.5. The Morgan fingerprint density at radius 3 is 2.76 bits per heavy atom. The fourth-order valence-corrected chi connectivity index (χ4v) is 2.98. The summed E-state index contributed by atoms with van der Waals surface area (Å²) in [7, 11) is 0. The van der Waals surface area contributed by atoms with E-state index in [0.29, 0.717) is 41.9 Å². The van der Waals surface area contributed by atoms with Gasteiger partial charge in [0.05, 0.1) is 23.2 Å². The number of aromatic nitrogens is 3. The van der Waals surface area contributed by atoms with Gasteiger partial charge in [0.25, 0.3) is 0 Å². The first-order valence-electron chi connectivity index (χ1n) is 8.21. The molecular formula is C18H22N4O3. The number of imidazole rings is 1. The van der Waals surface area contributed by atoms with Gasteiger partial charge in [0, 0.05) is 11.8 Å². The molecule has 132 valence electrons. The Morgan fingerprint density at radius 2 is 2.12 bits per heavy atom. The number of rotatable bonds is 6. The lowest BCUT2D eigenvalue weighted by molar-refractivity contribution is -0.109. The van der Waals surface area contributed by atoms with Crippen molar-refractivity contribution in [2.45, 2.75) is 39.3 Å². The maximum absolute atomic E-state index is 10.6. The van der Waals surface area contributed by atoms with Crippen LogP contribution in [0.5, 0.6) is 5.75 Å². The Bertz CT molecular complexity index is 941.